The summed E-state index contributed by atoms with van der Waals surface area (Å²) in [6, 6.07) is 9.29. The molecule has 0 heterocycles. The van der Waals surface area contributed by atoms with Gasteiger partial charge in [-0.1, -0.05) is 58.1 Å². The van der Waals surface area contributed by atoms with Gasteiger partial charge in [0, 0.05) is 0 Å². The fourth-order valence-corrected chi connectivity index (χ4v) is 4.74. The Kier molecular flexibility index (Phi) is 12.2. The van der Waals surface area contributed by atoms with E-state index in [-0.39, 0.29) is 36.5 Å². The lowest BCUT2D eigenvalue weighted by Crippen LogP contribution is -2.28. The second-order valence-corrected chi connectivity index (χ2v) is 10.1. The molecule has 39 heavy (non-hydrogen) atoms. The largest absolute Gasteiger partial charge is 0.490 e. The lowest BCUT2D eigenvalue weighted by molar-refractivity contribution is -0.157. The number of benzene rings is 2. The summed E-state index contributed by atoms with van der Waals surface area (Å²) in [6.07, 6.45) is 6.49. The quantitative estimate of drug-likeness (QED) is 0.135. The van der Waals surface area contributed by atoms with E-state index >= 15 is 0 Å². The lowest BCUT2D eigenvalue weighted by atomic mass is 9.83. The van der Waals surface area contributed by atoms with E-state index < -0.39 is 35.3 Å². The zero-order chi connectivity index (χ0) is 28.2. The van der Waals surface area contributed by atoms with Gasteiger partial charge in [0.25, 0.3) is 0 Å². The summed E-state index contributed by atoms with van der Waals surface area (Å²) in [5.74, 6) is -4.06. The number of carbonyl (C=O) groups is 2. The van der Waals surface area contributed by atoms with Crippen LogP contribution >= 0.6 is 0 Å². The molecule has 214 valence electrons. The van der Waals surface area contributed by atoms with Gasteiger partial charge in [0.05, 0.1) is 12.2 Å². The molecule has 1 atom stereocenters. The Balaban J connectivity index is 1.49. The maximum atomic E-state index is 14.6. The number of ether oxygens (including phenoxy) is 3. The number of carbonyl (C=O) groups excluding carboxylic acids is 2. The van der Waals surface area contributed by atoms with E-state index in [0.29, 0.717) is 19.3 Å². The summed E-state index contributed by atoms with van der Waals surface area (Å²) in [5.41, 5.74) is 0.525. The van der Waals surface area contributed by atoms with Crippen LogP contribution in [0.3, 0.4) is 0 Å². The van der Waals surface area contributed by atoms with Crippen LogP contribution in [0.5, 0.6) is 11.5 Å². The Morgan fingerprint density at radius 1 is 0.872 bits per heavy atom. The smallest absolute Gasteiger partial charge is 0.346 e. The van der Waals surface area contributed by atoms with Crippen molar-refractivity contribution < 1.29 is 37.0 Å². The van der Waals surface area contributed by atoms with Gasteiger partial charge in [-0.05, 0) is 74.3 Å². The Bertz CT molecular complexity index is 1060. The van der Waals surface area contributed by atoms with E-state index in [1.54, 1.807) is 12.1 Å². The molecule has 0 bridgehead atoms. The van der Waals surface area contributed by atoms with Crippen molar-refractivity contribution in [2.24, 2.45) is 0 Å². The van der Waals surface area contributed by atoms with Crippen LogP contribution in [0.2, 0.25) is 0 Å². The summed E-state index contributed by atoms with van der Waals surface area (Å²) in [6.45, 7) is 4.30. The van der Waals surface area contributed by atoms with Crippen LogP contribution in [0.25, 0.3) is 0 Å². The Labute approximate surface area is 229 Å². The van der Waals surface area contributed by atoms with Crippen LogP contribution in [-0.4, -0.2) is 30.8 Å². The van der Waals surface area contributed by atoms with Gasteiger partial charge >= 0.3 is 11.9 Å². The first-order valence-corrected chi connectivity index (χ1v) is 14.1. The first-order chi connectivity index (χ1) is 18.8. The van der Waals surface area contributed by atoms with Gasteiger partial charge in [-0.2, -0.15) is 4.39 Å². The minimum absolute atomic E-state index is 0.197. The van der Waals surface area contributed by atoms with E-state index in [9.17, 15) is 22.8 Å². The van der Waals surface area contributed by atoms with Crippen molar-refractivity contribution in [3.63, 3.8) is 0 Å². The van der Waals surface area contributed by atoms with Gasteiger partial charge < -0.3 is 14.2 Å². The molecule has 2 aromatic rings. The molecule has 1 saturated carbocycles. The normalized spacial score (nSPS) is 17.9. The molecule has 0 radical (unpaired) electrons. The molecule has 0 spiro atoms. The SMILES string of the molecule is CCCCCCOc1ccc(C(=O)Oc2ccc([C@H]3CC[C@H](OC(=O)[C@@H](F)CCCC)CC3)cc2)c(F)c1F. The molecule has 0 unspecified atom stereocenters. The van der Waals surface area contributed by atoms with Crippen LogP contribution in [0.4, 0.5) is 13.2 Å². The third kappa shape index (κ3) is 9.01. The average molecular weight is 549 g/mol. The Morgan fingerprint density at radius 2 is 1.56 bits per heavy atom. The maximum absolute atomic E-state index is 14.6. The maximum Gasteiger partial charge on any atom is 0.346 e. The first kappa shape index (κ1) is 30.5. The summed E-state index contributed by atoms with van der Waals surface area (Å²) >= 11 is 0. The van der Waals surface area contributed by atoms with Crippen LogP contribution < -0.4 is 9.47 Å². The molecule has 1 aliphatic carbocycles. The molecule has 1 aliphatic rings. The number of hydrogen-bond donors (Lipinski definition) is 0. The molecule has 0 saturated heterocycles. The minimum atomic E-state index is -1.56. The van der Waals surface area contributed by atoms with Crippen LogP contribution in [-0.2, 0) is 9.53 Å². The summed E-state index contributed by atoms with van der Waals surface area (Å²) in [5, 5.41) is 0. The van der Waals surface area contributed by atoms with Crippen molar-refractivity contribution >= 4 is 11.9 Å². The summed E-state index contributed by atoms with van der Waals surface area (Å²) in [7, 11) is 0. The van der Waals surface area contributed by atoms with Crippen molar-refractivity contribution in [1.82, 2.24) is 0 Å². The molecule has 8 heteroatoms. The zero-order valence-electron chi connectivity index (χ0n) is 22.9. The first-order valence-electron chi connectivity index (χ1n) is 14.1. The van der Waals surface area contributed by atoms with Crippen LogP contribution in [0, 0.1) is 11.6 Å². The molecule has 2 aromatic carbocycles. The number of esters is 2. The molecular formula is C31H39F3O5. The third-order valence-corrected chi connectivity index (χ3v) is 7.11. The highest BCUT2D eigenvalue weighted by Gasteiger charge is 2.28. The van der Waals surface area contributed by atoms with E-state index in [4.69, 9.17) is 14.2 Å². The monoisotopic (exact) mass is 548 g/mol. The minimum Gasteiger partial charge on any atom is -0.490 e. The van der Waals surface area contributed by atoms with Gasteiger partial charge in [-0.25, -0.2) is 18.4 Å². The number of alkyl halides is 1. The van der Waals surface area contributed by atoms with Crippen molar-refractivity contribution in [2.45, 2.75) is 103 Å². The predicted octanol–water partition coefficient (Wildman–Crippen LogP) is 8.24. The zero-order valence-corrected chi connectivity index (χ0v) is 22.9. The van der Waals surface area contributed by atoms with Gasteiger partial charge in [-0.3, -0.25) is 0 Å². The molecule has 0 aromatic heterocycles. The van der Waals surface area contributed by atoms with Crippen LogP contribution in [0.15, 0.2) is 36.4 Å². The van der Waals surface area contributed by atoms with Crippen molar-refractivity contribution in [3.8, 4) is 11.5 Å². The second kappa shape index (κ2) is 15.5. The van der Waals surface area contributed by atoms with E-state index in [2.05, 4.69) is 6.92 Å². The highest BCUT2D eigenvalue weighted by Crippen LogP contribution is 2.35. The average Bonchev–Trinajstić information content (AvgIpc) is 2.94. The highest BCUT2D eigenvalue weighted by atomic mass is 19.2. The number of halogens is 3. The second-order valence-electron chi connectivity index (χ2n) is 10.1. The number of unbranched alkanes of at least 4 members (excludes halogenated alkanes) is 4. The van der Waals surface area contributed by atoms with E-state index in [1.807, 2.05) is 19.1 Å². The molecular weight excluding hydrogens is 509 g/mol. The molecule has 3 rings (SSSR count). The topological polar surface area (TPSA) is 61.8 Å². The standard InChI is InChI=1S/C31H39F3O5/c1-3-5-7-8-20-37-27-19-18-25(28(33)29(27)34)30(35)38-23-14-10-21(11-15-23)22-12-16-24(17-13-22)39-31(36)26(32)9-6-4-2/h10-11,14-15,18-19,22,24,26H,3-9,12-13,16-17,20H2,1-2H3/t22-,24-,26-/m0/s1. The molecule has 5 nitrogen and oxygen atoms in total. The van der Waals surface area contributed by atoms with Crippen LogP contribution in [0.1, 0.15) is 106 Å². The summed E-state index contributed by atoms with van der Waals surface area (Å²) < 4.78 is 58.8. The summed E-state index contributed by atoms with van der Waals surface area (Å²) in [4.78, 5) is 24.4. The highest BCUT2D eigenvalue weighted by molar-refractivity contribution is 5.91. The Morgan fingerprint density at radius 3 is 2.23 bits per heavy atom. The molecule has 0 amide bonds. The predicted molar refractivity (Wildman–Crippen MR) is 143 cm³/mol. The lowest BCUT2D eigenvalue weighted by Gasteiger charge is -2.29. The van der Waals surface area contributed by atoms with E-state index in [1.165, 1.54) is 6.07 Å². The Hall–Kier alpha value is -3.03. The molecule has 0 aliphatic heterocycles. The van der Waals surface area contributed by atoms with Gasteiger partial charge in [0.15, 0.2) is 17.7 Å². The van der Waals surface area contributed by atoms with Gasteiger partial charge in [-0.15, -0.1) is 0 Å². The van der Waals surface area contributed by atoms with Gasteiger partial charge in [0.1, 0.15) is 11.9 Å². The van der Waals surface area contributed by atoms with Gasteiger partial charge in [0.2, 0.25) is 5.82 Å². The van der Waals surface area contributed by atoms with Crippen molar-refractivity contribution in [3.05, 3.63) is 59.2 Å². The molecule has 1 fully saturated rings. The number of hydrogen-bond acceptors (Lipinski definition) is 5. The fourth-order valence-electron chi connectivity index (χ4n) is 4.74. The van der Waals surface area contributed by atoms with Crippen molar-refractivity contribution in [1.29, 1.82) is 0 Å². The van der Waals surface area contributed by atoms with E-state index in [0.717, 1.165) is 56.6 Å². The number of rotatable bonds is 14. The fraction of sp³-hybridized carbons (Fsp3) is 0.548. The molecule has 0 N–H and O–H groups in total. The van der Waals surface area contributed by atoms with Crippen molar-refractivity contribution in [2.75, 3.05) is 6.61 Å². The third-order valence-electron chi connectivity index (χ3n) is 7.11.